The minimum atomic E-state index is -1.17. The van der Waals surface area contributed by atoms with E-state index in [2.05, 4.69) is 96.6 Å². The minimum absolute atomic E-state index is 0.563. The molecule has 0 bridgehead atoms. The summed E-state index contributed by atoms with van der Waals surface area (Å²) in [6.45, 7) is 16.7. The summed E-state index contributed by atoms with van der Waals surface area (Å²) < 4.78 is 4.16. The first-order valence-electron chi connectivity index (χ1n) is 14.2. The standard InChI is InChI=1S/C30H50.C4H6O5/c1-25(2)15-11-19-29(7)23-13-21-27(5)17-9-10-18-28(6)22-14-24-30(8)20-12-16-26(3)4;5-3(6)1-9-2-4(7)8/h15-18,23-24H,9-14,19-22H2,1-8H3;1-2H2,(H,5,6)(H,7,8)/b27-17+,28-18+,29-23+,30-24+;. The number of carbonyl (C=O) groups is 2. The minimum Gasteiger partial charge on any atom is -0.480 e. The van der Waals surface area contributed by atoms with Crippen LogP contribution in [0.15, 0.2) is 69.9 Å². The molecule has 0 unspecified atom stereocenters. The third-order valence-corrected chi connectivity index (χ3v) is 5.85. The van der Waals surface area contributed by atoms with E-state index < -0.39 is 25.2 Å². The number of rotatable bonds is 19. The third kappa shape index (κ3) is 33.3. The Morgan fingerprint density at radius 2 is 0.718 bits per heavy atom. The molecule has 0 aliphatic carbocycles. The molecule has 5 heteroatoms. The zero-order valence-electron chi connectivity index (χ0n) is 26.1. The van der Waals surface area contributed by atoms with Crippen LogP contribution in [0.25, 0.3) is 0 Å². The largest absolute Gasteiger partial charge is 0.480 e. The molecule has 0 saturated carbocycles. The van der Waals surface area contributed by atoms with Gasteiger partial charge in [0.25, 0.3) is 0 Å². The summed E-state index contributed by atoms with van der Waals surface area (Å²) in [5.41, 5.74) is 8.97. The lowest BCUT2D eigenvalue weighted by molar-refractivity contribution is -0.148. The molecule has 0 fully saturated rings. The van der Waals surface area contributed by atoms with Gasteiger partial charge in [-0.15, -0.1) is 0 Å². The quantitative estimate of drug-likeness (QED) is 0.125. The number of allylic oxidation sites excluding steroid dienone is 12. The maximum absolute atomic E-state index is 9.66. The molecule has 0 aromatic heterocycles. The highest BCUT2D eigenvalue weighted by Gasteiger charge is 1.99. The highest BCUT2D eigenvalue weighted by atomic mass is 16.5. The molecule has 0 spiro atoms. The summed E-state index contributed by atoms with van der Waals surface area (Å²) in [5.74, 6) is -2.34. The lowest BCUT2D eigenvalue weighted by Gasteiger charge is -2.02. The molecule has 0 aromatic carbocycles. The van der Waals surface area contributed by atoms with Crippen molar-refractivity contribution in [2.24, 2.45) is 0 Å². The number of hydrogen-bond acceptors (Lipinski definition) is 3. The van der Waals surface area contributed by atoms with Gasteiger partial charge < -0.3 is 14.9 Å². The van der Waals surface area contributed by atoms with Gasteiger partial charge in [-0.2, -0.15) is 0 Å². The molecule has 222 valence electrons. The Bertz CT molecular complexity index is 801. The molecule has 39 heavy (non-hydrogen) atoms. The number of unbranched alkanes of at least 4 members (excludes halogenated alkanes) is 1. The van der Waals surface area contributed by atoms with Crippen molar-refractivity contribution >= 4 is 11.9 Å². The highest BCUT2D eigenvalue weighted by Crippen LogP contribution is 2.14. The Kier molecular flexibility index (Phi) is 25.3. The first kappa shape index (κ1) is 38.5. The van der Waals surface area contributed by atoms with Gasteiger partial charge in [0.15, 0.2) is 0 Å². The summed E-state index contributed by atoms with van der Waals surface area (Å²) in [4.78, 5) is 19.3. The Morgan fingerprint density at radius 1 is 0.462 bits per heavy atom. The van der Waals surface area contributed by atoms with E-state index in [0.29, 0.717) is 0 Å². The number of carboxylic acid groups (broad SMARTS) is 2. The fourth-order valence-corrected chi connectivity index (χ4v) is 3.56. The summed E-state index contributed by atoms with van der Waals surface area (Å²) in [5, 5.41) is 15.8. The van der Waals surface area contributed by atoms with Crippen LogP contribution in [-0.4, -0.2) is 35.4 Å². The molecule has 0 amide bonds. The van der Waals surface area contributed by atoms with Crippen LogP contribution in [0, 0.1) is 0 Å². The van der Waals surface area contributed by atoms with Gasteiger partial charge in [0.1, 0.15) is 13.2 Å². The predicted octanol–water partition coefficient (Wildman–Crippen LogP) is 9.78. The monoisotopic (exact) mass is 544 g/mol. The van der Waals surface area contributed by atoms with Crippen LogP contribution in [0.2, 0.25) is 0 Å². The summed E-state index contributed by atoms with van der Waals surface area (Å²) in [6.07, 6.45) is 26.2. The first-order chi connectivity index (χ1) is 18.3. The van der Waals surface area contributed by atoms with Crippen molar-refractivity contribution in [1.82, 2.24) is 0 Å². The van der Waals surface area contributed by atoms with Crippen LogP contribution in [-0.2, 0) is 14.3 Å². The molecular weight excluding hydrogens is 488 g/mol. The molecule has 0 saturated heterocycles. The smallest absolute Gasteiger partial charge is 0.329 e. The zero-order valence-corrected chi connectivity index (χ0v) is 26.1. The van der Waals surface area contributed by atoms with Gasteiger partial charge in [-0.25, -0.2) is 9.59 Å². The first-order valence-corrected chi connectivity index (χ1v) is 14.2. The molecule has 0 atom stereocenters. The van der Waals surface area contributed by atoms with Gasteiger partial charge in [0.2, 0.25) is 0 Å². The highest BCUT2D eigenvalue weighted by molar-refractivity contribution is 5.70. The number of hydrogen-bond donors (Lipinski definition) is 2. The summed E-state index contributed by atoms with van der Waals surface area (Å²) in [7, 11) is 0. The van der Waals surface area contributed by atoms with E-state index in [9.17, 15) is 9.59 Å². The van der Waals surface area contributed by atoms with Crippen molar-refractivity contribution < 1.29 is 24.5 Å². The maximum Gasteiger partial charge on any atom is 0.329 e. The van der Waals surface area contributed by atoms with Crippen molar-refractivity contribution in [1.29, 1.82) is 0 Å². The molecule has 2 N–H and O–H groups in total. The van der Waals surface area contributed by atoms with Crippen LogP contribution in [0.1, 0.15) is 120 Å². The Morgan fingerprint density at radius 3 is 0.974 bits per heavy atom. The van der Waals surface area contributed by atoms with Crippen molar-refractivity contribution in [3.63, 3.8) is 0 Å². The van der Waals surface area contributed by atoms with E-state index in [0.717, 1.165) is 0 Å². The molecule has 0 radical (unpaired) electrons. The predicted molar refractivity (Wildman–Crippen MR) is 166 cm³/mol. The second-order valence-corrected chi connectivity index (χ2v) is 10.8. The molecule has 0 aliphatic heterocycles. The topological polar surface area (TPSA) is 83.8 Å². The summed E-state index contributed by atoms with van der Waals surface area (Å²) >= 11 is 0. The van der Waals surface area contributed by atoms with E-state index in [4.69, 9.17) is 10.2 Å². The van der Waals surface area contributed by atoms with E-state index in [1.165, 1.54) is 97.6 Å². The van der Waals surface area contributed by atoms with Gasteiger partial charge in [0, 0.05) is 0 Å². The van der Waals surface area contributed by atoms with E-state index in [-0.39, 0.29) is 0 Å². The van der Waals surface area contributed by atoms with Crippen LogP contribution >= 0.6 is 0 Å². The fourth-order valence-electron chi connectivity index (χ4n) is 3.56. The van der Waals surface area contributed by atoms with Gasteiger partial charge in [-0.05, 0) is 120 Å². The van der Waals surface area contributed by atoms with E-state index in [1.54, 1.807) is 0 Å². The normalized spacial score (nSPS) is 12.4. The Hall–Kier alpha value is -2.66. The fraction of sp³-hybridized carbons (Fsp3) is 0.588. The van der Waals surface area contributed by atoms with Crippen molar-refractivity contribution in [2.45, 2.75) is 120 Å². The van der Waals surface area contributed by atoms with Crippen molar-refractivity contribution in [3.8, 4) is 0 Å². The average molecular weight is 545 g/mol. The zero-order chi connectivity index (χ0) is 30.1. The van der Waals surface area contributed by atoms with Crippen LogP contribution < -0.4 is 0 Å². The van der Waals surface area contributed by atoms with E-state index in [1.807, 2.05) is 0 Å². The number of ether oxygens (including phenoxy) is 1. The van der Waals surface area contributed by atoms with Crippen LogP contribution in [0.5, 0.6) is 0 Å². The molecule has 5 nitrogen and oxygen atoms in total. The lowest BCUT2D eigenvalue weighted by Crippen LogP contribution is -2.13. The number of carboxylic acids is 2. The van der Waals surface area contributed by atoms with Gasteiger partial charge >= 0.3 is 11.9 Å². The van der Waals surface area contributed by atoms with Gasteiger partial charge in [-0.3, -0.25) is 0 Å². The Balaban J connectivity index is 0. The van der Waals surface area contributed by atoms with Crippen molar-refractivity contribution in [2.75, 3.05) is 13.2 Å². The van der Waals surface area contributed by atoms with Gasteiger partial charge in [-0.1, -0.05) is 69.9 Å². The maximum atomic E-state index is 9.66. The Labute approximate surface area is 239 Å². The van der Waals surface area contributed by atoms with Crippen molar-refractivity contribution in [3.05, 3.63) is 69.9 Å². The second-order valence-electron chi connectivity index (χ2n) is 10.8. The molecule has 0 aliphatic rings. The lowest BCUT2D eigenvalue weighted by atomic mass is 10.0. The molecular formula is C34H56O5. The second kappa shape index (κ2) is 25.6. The third-order valence-electron chi connectivity index (χ3n) is 5.85. The molecule has 0 aromatic rings. The SMILES string of the molecule is CC(C)=CCC/C(C)=C/CC/C(C)=C/CC/C=C(\C)CC/C=C(\C)CCC=C(C)C.O=C(O)COCC(=O)O. The van der Waals surface area contributed by atoms with E-state index >= 15 is 0 Å². The van der Waals surface area contributed by atoms with Crippen LogP contribution in [0.4, 0.5) is 0 Å². The molecule has 0 rings (SSSR count). The average Bonchev–Trinajstić information content (AvgIpc) is 2.81. The molecule has 0 heterocycles. The van der Waals surface area contributed by atoms with Crippen LogP contribution in [0.3, 0.4) is 0 Å². The van der Waals surface area contributed by atoms with Gasteiger partial charge in [0.05, 0.1) is 0 Å². The number of aliphatic carboxylic acids is 2. The summed E-state index contributed by atoms with van der Waals surface area (Å²) in [6, 6.07) is 0.